The van der Waals surface area contributed by atoms with Gasteiger partial charge in [-0.15, -0.1) is 0 Å². The molecule has 1 aliphatic rings. The first-order valence-electron chi connectivity index (χ1n) is 7.61. The Bertz CT molecular complexity index is 428. The molecular weight excluding hydrogens is 272 g/mol. The van der Waals surface area contributed by atoms with Gasteiger partial charge in [-0.25, -0.2) is 4.98 Å². The van der Waals surface area contributed by atoms with E-state index >= 15 is 0 Å². The number of anilines is 2. The molecule has 2 rings (SSSR count). The molecule has 1 aliphatic carbocycles. The molecule has 112 valence electrons. The van der Waals surface area contributed by atoms with E-state index in [0.717, 1.165) is 30.6 Å². The Kier molecular flexibility index (Phi) is 5.46. The number of rotatable bonds is 5. The number of aromatic nitrogens is 2. The van der Waals surface area contributed by atoms with Gasteiger partial charge < -0.3 is 10.6 Å². The van der Waals surface area contributed by atoms with Crippen molar-refractivity contribution in [3.63, 3.8) is 0 Å². The van der Waals surface area contributed by atoms with E-state index in [1.807, 2.05) is 0 Å². The van der Waals surface area contributed by atoms with Crippen molar-refractivity contribution in [2.24, 2.45) is 11.8 Å². The molecule has 2 atom stereocenters. The van der Waals surface area contributed by atoms with E-state index in [1.54, 1.807) is 6.20 Å². The van der Waals surface area contributed by atoms with Crippen LogP contribution in [0.15, 0.2) is 6.20 Å². The zero-order valence-corrected chi connectivity index (χ0v) is 13.4. The van der Waals surface area contributed by atoms with Crippen LogP contribution in [0.4, 0.5) is 11.8 Å². The third-order valence-corrected chi connectivity index (χ3v) is 4.07. The monoisotopic (exact) mass is 296 g/mol. The van der Waals surface area contributed by atoms with Crippen molar-refractivity contribution >= 4 is 23.4 Å². The minimum Gasteiger partial charge on any atom is -0.366 e. The molecule has 0 bridgehead atoms. The predicted octanol–water partition coefficient (Wildman–Crippen LogP) is 4.19. The first-order valence-corrected chi connectivity index (χ1v) is 7.99. The Hall–Kier alpha value is -1.03. The highest BCUT2D eigenvalue weighted by Crippen LogP contribution is 2.31. The van der Waals surface area contributed by atoms with Crippen LogP contribution in [0.1, 0.15) is 46.5 Å². The highest BCUT2D eigenvalue weighted by atomic mass is 35.5. The van der Waals surface area contributed by atoms with Gasteiger partial charge >= 0.3 is 0 Å². The van der Waals surface area contributed by atoms with Crippen LogP contribution in [-0.4, -0.2) is 22.6 Å². The molecular formula is C15H25ClN4. The third kappa shape index (κ3) is 4.23. The number of nitrogens with zero attached hydrogens (tertiary/aromatic N) is 2. The summed E-state index contributed by atoms with van der Waals surface area (Å²) >= 11 is 6.21. The van der Waals surface area contributed by atoms with Crippen molar-refractivity contribution in [3.8, 4) is 0 Å². The average molecular weight is 297 g/mol. The van der Waals surface area contributed by atoms with E-state index < -0.39 is 0 Å². The van der Waals surface area contributed by atoms with Gasteiger partial charge in [0, 0.05) is 12.6 Å². The van der Waals surface area contributed by atoms with Gasteiger partial charge in [0.2, 0.25) is 5.95 Å². The lowest BCUT2D eigenvalue weighted by atomic mass is 9.80. The molecule has 20 heavy (non-hydrogen) atoms. The fourth-order valence-electron chi connectivity index (χ4n) is 3.05. The topological polar surface area (TPSA) is 49.8 Å². The van der Waals surface area contributed by atoms with Crippen molar-refractivity contribution in [1.82, 2.24) is 9.97 Å². The maximum atomic E-state index is 6.21. The van der Waals surface area contributed by atoms with Gasteiger partial charge in [-0.2, -0.15) is 4.98 Å². The molecule has 2 N–H and O–H groups in total. The smallest absolute Gasteiger partial charge is 0.224 e. The van der Waals surface area contributed by atoms with Crippen LogP contribution in [0.25, 0.3) is 0 Å². The second-order valence-electron chi connectivity index (χ2n) is 6.08. The lowest BCUT2D eigenvalue weighted by Gasteiger charge is -2.32. The Balaban J connectivity index is 2.03. The minimum absolute atomic E-state index is 0.458. The molecule has 0 saturated heterocycles. The summed E-state index contributed by atoms with van der Waals surface area (Å²) in [6.07, 6.45) is 6.40. The molecule has 1 fully saturated rings. The van der Waals surface area contributed by atoms with Gasteiger partial charge in [0.25, 0.3) is 0 Å². The molecule has 5 heteroatoms. The number of hydrogen-bond acceptors (Lipinski definition) is 4. The largest absolute Gasteiger partial charge is 0.366 e. The predicted molar refractivity (Wildman–Crippen MR) is 85.4 cm³/mol. The van der Waals surface area contributed by atoms with Crippen molar-refractivity contribution in [1.29, 1.82) is 0 Å². The zero-order chi connectivity index (χ0) is 14.5. The molecule has 1 heterocycles. The second-order valence-corrected chi connectivity index (χ2v) is 6.48. The van der Waals surface area contributed by atoms with Crippen molar-refractivity contribution in [3.05, 3.63) is 11.2 Å². The first-order chi connectivity index (χ1) is 9.58. The van der Waals surface area contributed by atoms with Crippen LogP contribution < -0.4 is 10.6 Å². The summed E-state index contributed by atoms with van der Waals surface area (Å²) in [7, 11) is 0. The molecule has 1 aromatic heterocycles. The van der Waals surface area contributed by atoms with Gasteiger partial charge in [0.1, 0.15) is 5.02 Å². The molecule has 0 aromatic carbocycles. The third-order valence-electron chi connectivity index (χ3n) is 3.80. The van der Waals surface area contributed by atoms with Crippen LogP contribution in [0.2, 0.25) is 5.02 Å². The number of halogens is 1. The molecule has 0 radical (unpaired) electrons. The van der Waals surface area contributed by atoms with Gasteiger partial charge in [0.15, 0.2) is 5.82 Å². The summed E-state index contributed by atoms with van der Waals surface area (Å²) in [5, 5.41) is 7.29. The van der Waals surface area contributed by atoms with Crippen molar-refractivity contribution in [2.75, 3.05) is 17.2 Å². The van der Waals surface area contributed by atoms with E-state index in [0.29, 0.717) is 17.0 Å². The summed E-state index contributed by atoms with van der Waals surface area (Å²) < 4.78 is 0. The van der Waals surface area contributed by atoms with E-state index in [9.17, 15) is 0 Å². The van der Waals surface area contributed by atoms with E-state index in [1.165, 1.54) is 19.3 Å². The van der Waals surface area contributed by atoms with Crippen molar-refractivity contribution in [2.45, 2.75) is 52.5 Å². The SMILES string of the molecule is CCCNc1ncc(Cl)c(NC2CC(C)CC(C)C2)n1. The van der Waals surface area contributed by atoms with E-state index in [-0.39, 0.29) is 0 Å². The molecule has 0 aliphatic heterocycles. The Morgan fingerprint density at radius 1 is 1.25 bits per heavy atom. The van der Waals surface area contributed by atoms with E-state index in [2.05, 4.69) is 41.4 Å². The van der Waals surface area contributed by atoms with Gasteiger partial charge in [-0.05, 0) is 37.5 Å². The molecule has 2 unspecified atom stereocenters. The van der Waals surface area contributed by atoms with Crippen LogP contribution >= 0.6 is 11.6 Å². The standard InChI is InChI=1S/C15H25ClN4/c1-4-5-17-15-18-9-13(16)14(20-15)19-12-7-10(2)6-11(3)8-12/h9-12H,4-8H2,1-3H3,(H2,17,18,19,20). The van der Waals surface area contributed by atoms with Crippen LogP contribution in [0.3, 0.4) is 0 Å². The number of hydrogen-bond donors (Lipinski definition) is 2. The summed E-state index contributed by atoms with van der Waals surface area (Å²) in [5.74, 6) is 2.92. The Labute approximate surface area is 126 Å². The van der Waals surface area contributed by atoms with Crippen molar-refractivity contribution < 1.29 is 0 Å². The fraction of sp³-hybridized carbons (Fsp3) is 0.733. The minimum atomic E-state index is 0.458. The van der Waals surface area contributed by atoms with Gasteiger partial charge in [-0.1, -0.05) is 32.4 Å². The highest BCUT2D eigenvalue weighted by Gasteiger charge is 2.24. The molecule has 0 amide bonds. The summed E-state index contributed by atoms with van der Waals surface area (Å²) in [6, 6.07) is 0.458. The second kappa shape index (κ2) is 7.11. The average Bonchev–Trinajstić information content (AvgIpc) is 2.38. The molecule has 0 spiro atoms. The van der Waals surface area contributed by atoms with Gasteiger partial charge in [0.05, 0.1) is 6.20 Å². The fourth-order valence-corrected chi connectivity index (χ4v) is 3.19. The number of nitrogens with one attached hydrogen (secondary N) is 2. The normalized spacial score (nSPS) is 26.3. The van der Waals surface area contributed by atoms with Crippen LogP contribution in [-0.2, 0) is 0 Å². The Morgan fingerprint density at radius 3 is 2.60 bits per heavy atom. The lowest BCUT2D eigenvalue weighted by Crippen LogP contribution is -2.30. The summed E-state index contributed by atoms with van der Waals surface area (Å²) in [5.41, 5.74) is 0. The van der Waals surface area contributed by atoms with Crippen LogP contribution in [0.5, 0.6) is 0 Å². The molecule has 4 nitrogen and oxygen atoms in total. The lowest BCUT2D eigenvalue weighted by molar-refractivity contribution is 0.280. The van der Waals surface area contributed by atoms with Gasteiger partial charge in [-0.3, -0.25) is 0 Å². The Morgan fingerprint density at radius 2 is 1.95 bits per heavy atom. The molecule has 1 aromatic rings. The molecule has 1 saturated carbocycles. The summed E-state index contributed by atoms with van der Waals surface area (Å²) in [4.78, 5) is 8.69. The maximum Gasteiger partial charge on any atom is 0.224 e. The van der Waals surface area contributed by atoms with Crippen LogP contribution in [0, 0.1) is 11.8 Å². The first kappa shape index (κ1) is 15.4. The summed E-state index contributed by atoms with van der Waals surface area (Å²) in [6.45, 7) is 7.63. The quantitative estimate of drug-likeness (QED) is 0.855. The van der Waals surface area contributed by atoms with E-state index in [4.69, 9.17) is 11.6 Å². The highest BCUT2D eigenvalue weighted by molar-refractivity contribution is 6.32. The maximum absolute atomic E-state index is 6.21. The zero-order valence-electron chi connectivity index (χ0n) is 12.6.